The highest BCUT2D eigenvalue weighted by Crippen LogP contribution is 2.37. The summed E-state index contributed by atoms with van der Waals surface area (Å²) in [7, 11) is 0. The molecule has 2 rings (SSSR count). The highest BCUT2D eigenvalue weighted by molar-refractivity contribution is 8.02. The van der Waals surface area contributed by atoms with Crippen LogP contribution in [0.1, 0.15) is 69.9 Å². The number of Topliss-reactive ketones (excluding diaryl/α,β-unsaturated/α-hetero) is 1. The predicted octanol–water partition coefficient (Wildman–Crippen LogP) is 3.20. The first-order valence-corrected chi connectivity index (χ1v) is 9.15. The first-order chi connectivity index (χ1) is 11.3. The average molecular weight is 351 g/mol. The molecule has 132 valence electrons. The van der Waals surface area contributed by atoms with E-state index in [4.69, 9.17) is 5.41 Å². The lowest BCUT2D eigenvalue weighted by atomic mass is 10.0. The van der Waals surface area contributed by atoms with Gasteiger partial charge in [0.2, 0.25) is 17.6 Å². The molecule has 0 spiro atoms. The van der Waals surface area contributed by atoms with Crippen LogP contribution in [0.25, 0.3) is 0 Å². The van der Waals surface area contributed by atoms with Crippen molar-refractivity contribution in [3.05, 3.63) is 5.82 Å². The number of hydrogen-bond donors (Lipinski definition) is 3. The van der Waals surface area contributed by atoms with E-state index in [0.29, 0.717) is 5.25 Å². The van der Waals surface area contributed by atoms with Crippen LogP contribution in [0.4, 0.5) is 5.95 Å². The van der Waals surface area contributed by atoms with Gasteiger partial charge in [0.05, 0.1) is 11.2 Å². The van der Waals surface area contributed by atoms with Crippen LogP contribution < -0.4 is 5.32 Å². The summed E-state index contributed by atoms with van der Waals surface area (Å²) in [5, 5.41) is 16.9. The lowest BCUT2D eigenvalue weighted by Gasteiger charge is -2.30. The van der Waals surface area contributed by atoms with Crippen LogP contribution in [-0.4, -0.2) is 42.6 Å². The van der Waals surface area contributed by atoms with Crippen LogP contribution >= 0.6 is 11.8 Å². The SMILES string of the molecule is CC(=N)CC(=O)c1nc(NC(=O)C(C)(C)SC2CCCCC2)n[nH]1. The second-order valence-electron chi connectivity index (χ2n) is 6.73. The van der Waals surface area contributed by atoms with Crippen molar-refractivity contribution in [3.63, 3.8) is 0 Å². The zero-order valence-electron chi connectivity index (χ0n) is 14.4. The molecule has 1 heterocycles. The number of anilines is 1. The predicted molar refractivity (Wildman–Crippen MR) is 95.9 cm³/mol. The molecule has 7 nitrogen and oxygen atoms in total. The number of aromatic amines is 1. The van der Waals surface area contributed by atoms with E-state index in [-0.39, 0.29) is 35.6 Å². The molecule has 1 saturated carbocycles. The summed E-state index contributed by atoms with van der Waals surface area (Å²) >= 11 is 1.70. The highest BCUT2D eigenvalue weighted by atomic mass is 32.2. The van der Waals surface area contributed by atoms with Crippen molar-refractivity contribution in [1.29, 1.82) is 5.41 Å². The molecule has 0 atom stereocenters. The Morgan fingerprint density at radius 3 is 2.62 bits per heavy atom. The van der Waals surface area contributed by atoms with Gasteiger partial charge in [-0.25, -0.2) is 0 Å². The number of thioether (sulfide) groups is 1. The fourth-order valence-corrected chi connectivity index (χ4v) is 4.23. The molecule has 1 aromatic rings. The topological polar surface area (TPSA) is 112 Å². The summed E-state index contributed by atoms with van der Waals surface area (Å²) < 4.78 is -0.585. The van der Waals surface area contributed by atoms with E-state index >= 15 is 0 Å². The van der Waals surface area contributed by atoms with Crippen molar-refractivity contribution >= 4 is 35.1 Å². The number of carbonyl (C=O) groups excluding carboxylic acids is 2. The molecule has 8 heteroatoms. The van der Waals surface area contributed by atoms with E-state index in [9.17, 15) is 9.59 Å². The van der Waals surface area contributed by atoms with Crippen LogP contribution in [0.5, 0.6) is 0 Å². The first-order valence-electron chi connectivity index (χ1n) is 8.27. The summed E-state index contributed by atoms with van der Waals surface area (Å²) in [6.07, 6.45) is 6.05. The third kappa shape index (κ3) is 5.15. The van der Waals surface area contributed by atoms with Crippen molar-refractivity contribution < 1.29 is 9.59 Å². The van der Waals surface area contributed by atoms with Gasteiger partial charge < -0.3 is 5.41 Å². The number of rotatable bonds is 7. The van der Waals surface area contributed by atoms with E-state index in [2.05, 4.69) is 20.5 Å². The number of nitrogens with one attached hydrogen (secondary N) is 3. The first kappa shape index (κ1) is 18.6. The monoisotopic (exact) mass is 351 g/mol. The van der Waals surface area contributed by atoms with Gasteiger partial charge >= 0.3 is 0 Å². The van der Waals surface area contributed by atoms with E-state index < -0.39 is 4.75 Å². The fourth-order valence-electron chi connectivity index (χ4n) is 2.67. The van der Waals surface area contributed by atoms with E-state index in [1.54, 1.807) is 18.7 Å². The van der Waals surface area contributed by atoms with Crippen molar-refractivity contribution in [2.24, 2.45) is 0 Å². The number of hydrogen-bond acceptors (Lipinski definition) is 6. The van der Waals surface area contributed by atoms with Crippen molar-refractivity contribution in [1.82, 2.24) is 15.2 Å². The molecule has 1 aliphatic carbocycles. The molecule has 1 aliphatic rings. The van der Waals surface area contributed by atoms with Crippen LogP contribution in [-0.2, 0) is 4.79 Å². The maximum absolute atomic E-state index is 12.5. The number of carbonyl (C=O) groups is 2. The van der Waals surface area contributed by atoms with Gasteiger partial charge in [-0.3, -0.25) is 20.0 Å². The van der Waals surface area contributed by atoms with Gasteiger partial charge in [-0.15, -0.1) is 16.9 Å². The molecule has 1 aromatic heterocycles. The van der Waals surface area contributed by atoms with Crippen molar-refractivity contribution in [3.8, 4) is 0 Å². The maximum atomic E-state index is 12.5. The van der Waals surface area contributed by atoms with Crippen LogP contribution in [0.2, 0.25) is 0 Å². The largest absolute Gasteiger partial charge is 0.310 e. The highest BCUT2D eigenvalue weighted by Gasteiger charge is 2.33. The van der Waals surface area contributed by atoms with E-state index in [0.717, 1.165) is 12.8 Å². The van der Waals surface area contributed by atoms with Crippen LogP contribution in [0.15, 0.2) is 0 Å². The second-order valence-corrected chi connectivity index (χ2v) is 8.65. The Morgan fingerprint density at radius 2 is 2.00 bits per heavy atom. The third-order valence-electron chi connectivity index (χ3n) is 3.96. The summed E-state index contributed by atoms with van der Waals surface area (Å²) in [5.74, 6) is -0.316. The van der Waals surface area contributed by atoms with Gasteiger partial charge in [0.15, 0.2) is 5.82 Å². The Kier molecular flexibility index (Phi) is 6.15. The van der Waals surface area contributed by atoms with Gasteiger partial charge in [0.25, 0.3) is 0 Å². The molecule has 1 amide bonds. The van der Waals surface area contributed by atoms with Gasteiger partial charge in [-0.2, -0.15) is 4.98 Å². The summed E-state index contributed by atoms with van der Waals surface area (Å²) in [4.78, 5) is 28.4. The van der Waals surface area contributed by atoms with Crippen LogP contribution in [0, 0.1) is 5.41 Å². The smallest absolute Gasteiger partial charge is 0.249 e. The zero-order chi connectivity index (χ0) is 17.7. The van der Waals surface area contributed by atoms with E-state index in [1.165, 1.54) is 19.3 Å². The molecule has 0 saturated heterocycles. The molecule has 0 bridgehead atoms. The zero-order valence-corrected chi connectivity index (χ0v) is 15.3. The molecule has 0 aromatic carbocycles. The van der Waals surface area contributed by atoms with Crippen molar-refractivity contribution in [2.75, 3.05) is 5.32 Å². The van der Waals surface area contributed by atoms with Gasteiger partial charge in [0.1, 0.15) is 0 Å². The Hall–Kier alpha value is -1.70. The lowest BCUT2D eigenvalue weighted by Crippen LogP contribution is -2.36. The third-order valence-corrected chi connectivity index (χ3v) is 5.54. The second kappa shape index (κ2) is 7.92. The van der Waals surface area contributed by atoms with Gasteiger partial charge in [-0.1, -0.05) is 19.3 Å². The number of amides is 1. The Bertz CT molecular complexity index is 620. The minimum absolute atomic E-state index is 0.00833. The molecular weight excluding hydrogens is 326 g/mol. The molecule has 0 unspecified atom stereocenters. The van der Waals surface area contributed by atoms with E-state index in [1.807, 2.05) is 13.8 Å². The minimum atomic E-state index is -0.585. The maximum Gasteiger partial charge on any atom is 0.249 e. The standard InChI is InChI=1S/C16H25N5O2S/c1-10(17)9-12(22)13-18-15(21-20-13)19-14(23)16(2,3)24-11-7-5-4-6-8-11/h11,17H,4-9H2,1-3H3,(H2,18,19,20,21,23). The van der Waals surface area contributed by atoms with Crippen molar-refractivity contribution in [2.45, 2.75) is 69.3 Å². The fraction of sp³-hybridized carbons (Fsp3) is 0.688. The quantitative estimate of drug-likeness (QED) is 0.516. The lowest BCUT2D eigenvalue weighted by molar-refractivity contribution is -0.117. The number of aromatic nitrogens is 3. The molecule has 24 heavy (non-hydrogen) atoms. The molecular formula is C16H25N5O2S. The van der Waals surface area contributed by atoms with Gasteiger partial charge in [-0.05, 0) is 33.6 Å². The molecule has 0 aliphatic heterocycles. The number of nitrogens with zero attached hydrogens (tertiary/aromatic N) is 2. The van der Waals surface area contributed by atoms with Crippen LogP contribution in [0.3, 0.4) is 0 Å². The molecule has 1 fully saturated rings. The molecule has 3 N–H and O–H groups in total. The summed E-state index contributed by atoms with van der Waals surface area (Å²) in [6.45, 7) is 5.36. The van der Waals surface area contributed by atoms with Gasteiger partial charge in [0, 0.05) is 11.0 Å². The Morgan fingerprint density at radius 1 is 1.33 bits per heavy atom. The Balaban J connectivity index is 1.94. The number of ketones is 1. The summed E-state index contributed by atoms with van der Waals surface area (Å²) in [6, 6.07) is 0. The Labute approximate surface area is 146 Å². The normalized spacial score (nSPS) is 16.0. The summed E-state index contributed by atoms with van der Waals surface area (Å²) in [5.41, 5.74) is 0.256. The minimum Gasteiger partial charge on any atom is -0.310 e. The average Bonchev–Trinajstić information content (AvgIpc) is 2.95. The molecule has 0 radical (unpaired) electrons. The number of H-pyrrole nitrogens is 1.